The fourth-order valence-electron chi connectivity index (χ4n) is 4.52. The summed E-state index contributed by atoms with van der Waals surface area (Å²) in [4.78, 5) is 41.8. The lowest BCUT2D eigenvalue weighted by Gasteiger charge is -2.34. The molecule has 2 N–H and O–H groups in total. The van der Waals surface area contributed by atoms with Gasteiger partial charge in [-0.15, -0.1) is 0 Å². The lowest BCUT2D eigenvalue weighted by molar-refractivity contribution is -0.130. The topological polar surface area (TPSA) is 94.2 Å². The third-order valence-electron chi connectivity index (χ3n) is 6.48. The monoisotopic (exact) mass is 468 g/mol. The van der Waals surface area contributed by atoms with Crippen LogP contribution in [0.15, 0.2) is 73.3 Å². The molecule has 1 aliphatic rings. The number of carbonyl (C=O) groups excluding carboxylic acids is 2. The number of nitrogens with one attached hydrogen (secondary N) is 2. The number of aromatic amines is 1. The number of likely N-dealkylation sites (tertiary alicyclic amines) is 1. The number of nitrogens with zero attached hydrogens (tertiary/aromatic N) is 4. The van der Waals surface area contributed by atoms with Crippen LogP contribution in [0.4, 0.5) is 11.5 Å². The van der Waals surface area contributed by atoms with Gasteiger partial charge in [-0.05, 0) is 61.7 Å². The molecule has 0 bridgehead atoms. The van der Waals surface area contributed by atoms with Gasteiger partial charge < -0.3 is 15.2 Å². The van der Waals surface area contributed by atoms with Gasteiger partial charge in [-0.25, -0.2) is 4.98 Å². The van der Waals surface area contributed by atoms with Crippen molar-refractivity contribution in [1.82, 2.24) is 19.9 Å². The maximum absolute atomic E-state index is 13.6. The third kappa shape index (κ3) is 5.01. The summed E-state index contributed by atoms with van der Waals surface area (Å²) in [6.45, 7) is 3.23. The van der Waals surface area contributed by atoms with Crippen LogP contribution in [0.2, 0.25) is 0 Å². The highest BCUT2D eigenvalue weighted by molar-refractivity contribution is 6.09. The van der Waals surface area contributed by atoms with Crippen molar-refractivity contribution in [3.05, 3.63) is 84.4 Å². The van der Waals surface area contributed by atoms with Crippen molar-refractivity contribution in [2.45, 2.75) is 25.8 Å². The van der Waals surface area contributed by atoms with Gasteiger partial charge >= 0.3 is 0 Å². The normalized spacial score (nSPS) is 14.1. The lowest BCUT2D eigenvalue weighted by atomic mass is 10.0. The van der Waals surface area contributed by atoms with E-state index in [1.165, 1.54) is 4.90 Å². The third-order valence-corrected chi connectivity index (χ3v) is 6.48. The van der Waals surface area contributed by atoms with Crippen molar-refractivity contribution in [3.63, 3.8) is 0 Å². The predicted molar refractivity (Wildman–Crippen MR) is 136 cm³/mol. The van der Waals surface area contributed by atoms with E-state index in [9.17, 15) is 9.59 Å². The number of amides is 2. The Morgan fingerprint density at radius 2 is 1.97 bits per heavy atom. The summed E-state index contributed by atoms with van der Waals surface area (Å²) in [5.41, 5.74) is 3.51. The quantitative estimate of drug-likeness (QED) is 0.446. The minimum absolute atomic E-state index is 0.0572. The molecule has 1 saturated heterocycles. The first-order chi connectivity index (χ1) is 17.1. The van der Waals surface area contributed by atoms with E-state index in [1.54, 1.807) is 30.7 Å². The Morgan fingerprint density at radius 3 is 2.71 bits per heavy atom. The molecule has 35 heavy (non-hydrogen) atoms. The lowest BCUT2D eigenvalue weighted by Crippen LogP contribution is -2.48. The molecule has 0 spiro atoms. The van der Waals surface area contributed by atoms with Gasteiger partial charge in [0.2, 0.25) is 5.91 Å². The van der Waals surface area contributed by atoms with Crippen molar-refractivity contribution in [1.29, 1.82) is 0 Å². The Balaban J connectivity index is 1.29. The molecule has 0 atom stereocenters. The number of hydrogen-bond donors (Lipinski definition) is 2. The van der Waals surface area contributed by atoms with E-state index in [2.05, 4.69) is 20.3 Å². The summed E-state index contributed by atoms with van der Waals surface area (Å²) in [5.74, 6) is 0.127. The molecule has 8 nitrogen and oxygen atoms in total. The van der Waals surface area contributed by atoms with Gasteiger partial charge in [0.25, 0.3) is 5.91 Å². The average molecular weight is 469 g/mol. The standard InChI is InChI=1S/C27H28N6O2/c1-19-16-30-24-15-20(7-8-23(19)24)27(35)33(25-6-2-3-12-29-25)18-26(34)32-13-9-21(10-14-32)31-22-5-4-11-28-17-22/h2-8,11-12,15-17,21,30-31H,9-10,13-14,18H2,1H3. The van der Waals surface area contributed by atoms with Crippen LogP contribution in [0.3, 0.4) is 0 Å². The van der Waals surface area contributed by atoms with Crippen molar-refractivity contribution < 1.29 is 9.59 Å². The van der Waals surface area contributed by atoms with E-state index in [4.69, 9.17) is 0 Å². The first-order valence-corrected chi connectivity index (χ1v) is 11.8. The largest absolute Gasteiger partial charge is 0.381 e. The van der Waals surface area contributed by atoms with Gasteiger partial charge in [0, 0.05) is 60.4 Å². The van der Waals surface area contributed by atoms with E-state index in [1.807, 2.05) is 54.4 Å². The smallest absolute Gasteiger partial charge is 0.259 e. The number of H-pyrrole nitrogens is 1. The Labute approximate surface area is 204 Å². The molecular weight excluding hydrogens is 440 g/mol. The Kier molecular flexibility index (Phi) is 6.43. The van der Waals surface area contributed by atoms with Crippen LogP contribution in [0.1, 0.15) is 28.8 Å². The van der Waals surface area contributed by atoms with E-state index >= 15 is 0 Å². The summed E-state index contributed by atoms with van der Waals surface area (Å²) < 4.78 is 0. The molecule has 2 amide bonds. The zero-order valence-corrected chi connectivity index (χ0v) is 19.6. The molecule has 4 aromatic rings. The highest BCUT2D eigenvalue weighted by atomic mass is 16.2. The molecule has 5 rings (SSSR count). The number of anilines is 2. The Bertz CT molecular complexity index is 1310. The number of piperidine rings is 1. The maximum Gasteiger partial charge on any atom is 0.259 e. The number of carbonyl (C=O) groups is 2. The molecule has 4 heterocycles. The SMILES string of the molecule is Cc1c[nH]c2cc(C(=O)N(CC(=O)N3CCC(Nc4cccnc4)CC3)c3ccccn3)ccc12. The number of hydrogen-bond acceptors (Lipinski definition) is 5. The highest BCUT2D eigenvalue weighted by Crippen LogP contribution is 2.22. The molecule has 1 fully saturated rings. The molecule has 1 aliphatic heterocycles. The van der Waals surface area contributed by atoms with Crippen LogP contribution in [0.25, 0.3) is 10.9 Å². The van der Waals surface area contributed by atoms with Crippen LogP contribution in [-0.4, -0.2) is 57.3 Å². The van der Waals surface area contributed by atoms with Crippen LogP contribution in [0.5, 0.6) is 0 Å². The Morgan fingerprint density at radius 1 is 1.11 bits per heavy atom. The van der Waals surface area contributed by atoms with Gasteiger partial charge in [0.15, 0.2) is 0 Å². The maximum atomic E-state index is 13.6. The van der Waals surface area contributed by atoms with Gasteiger partial charge in [-0.1, -0.05) is 12.1 Å². The van der Waals surface area contributed by atoms with Crippen LogP contribution in [0, 0.1) is 6.92 Å². The number of fused-ring (bicyclic) bond motifs is 1. The highest BCUT2D eigenvalue weighted by Gasteiger charge is 2.27. The number of aromatic nitrogens is 3. The van der Waals surface area contributed by atoms with Gasteiger partial charge in [-0.3, -0.25) is 19.5 Å². The average Bonchev–Trinajstić information content (AvgIpc) is 3.28. The summed E-state index contributed by atoms with van der Waals surface area (Å²) in [6.07, 6.45) is 8.78. The molecule has 178 valence electrons. The van der Waals surface area contributed by atoms with Crippen molar-refractivity contribution in [2.24, 2.45) is 0 Å². The van der Waals surface area contributed by atoms with Gasteiger partial charge in [0.05, 0.1) is 5.69 Å². The molecule has 1 aromatic carbocycles. The summed E-state index contributed by atoms with van der Waals surface area (Å²) in [6, 6.07) is 15.1. The molecule has 0 radical (unpaired) electrons. The second-order valence-electron chi connectivity index (χ2n) is 8.85. The fourth-order valence-corrected chi connectivity index (χ4v) is 4.52. The zero-order chi connectivity index (χ0) is 24.2. The van der Waals surface area contributed by atoms with Crippen molar-refractivity contribution in [2.75, 3.05) is 29.9 Å². The summed E-state index contributed by atoms with van der Waals surface area (Å²) in [7, 11) is 0. The first-order valence-electron chi connectivity index (χ1n) is 11.8. The van der Waals surface area contributed by atoms with Gasteiger partial charge in [-0.2, -0.15) is 0 Å². The van der Waals surface area contributed by atoms with E-state index in [0.29, 0.717) is 24.5 Å². The molecule has 3 aromatic heterocycles. The molecular formula is C27H28N6O2. The number of aryl methyl sites for hydroxylation is 1. The van der Waals surface area contributed by atoms with E-state index in [-0.39, 0.29) is 24.4 Å². The van der Waals surface area contributed by atoms with Crippen LogP contribution in [-0.2, 0) is 4.79 Å². The second-order valence-corrected chi connectivity index (χ2v) is 8.85. The Hall–Kier alpha value is -4.20. The van der Waals surface area contributed by atoms with Crippen LogP contribution >= 0.6 is 0 Å². The summed E-state index contributed by atoms with van der Waals surface area (Å²) >= 11 is 0. The number of pyridine rings is 2. The minimum atomic E-state index is -0.251. The van der Waals surface area contributed by atoms with E-state index < -0.39 is 0 Å². The molecule has 8 heteroatoms. The molecule has 0 aliphatic carbocycles. The summed E-state index contributed by atoms with van der Waals surface area (Å²) in [5, 5.41) is 4.56. The zero-order valence-electron chi connectivity index (χ0n) is 19.6. The van der Waals surface area contributed by atoms with E-state index in [0.717, 1.165) is 35.0 Å². The van der Waals surface area contributed by atoms with Gasteiger partial charge in [0.1, 0.15) is 12.4 Å². The van der Waals surface area contributed by atoms with Crippen molar-refractivity contribution in [3.8, 4) is 0 Å². The predicted octanol–water partition coefficient (Wildman–Crippen LogP) is 4.02. The minimum Gasteiger partial charge on any atom is -0.381 e. The molecule has 0 unspecified atom stereocenters. The molecule has 0 saturated carbocycles. The fraction of sp³-hybridized carbons (Fsp3) is 0.259. The number of rotatable bonds is 6. The number of benzene rings is 1. The van der Waals surface area contributed by atoms with Crippen molar-refractivity contribution >= 4 is 34.2 Å². The van der Waals surface area contributed by atoms with Crippen LogP contribution < -0.4 is 10.2 Å². The second kappa shape index (κ2) is 9.97. The first kappa shape index (κ1) is 22.6.